The fraction of sp³-hybridized carbons (Fsp3) is 0.625. The van der Waals surface area contributed by atoms with Gasteiger partial charge in [-0.3, -0.25) is 0 Å². The van der Waals surface area contributed by atoms with Crippen LogP contribution >= 0.6 is 27.5 Å². The molecule has 2 nitrogen and oxygen atoms in total. The molecule has 20 heavy (non-hydrogen) atoms. The first kappa shape index (κ1) is 14.7. The van der Waals surface area contributed by atoms with Crippen LogP contribution in [0.3, 0.4) is 0 Å². The summed E-state index contributed by atoms with van der Waals surface area (Å²) < 4.78 is 1.00. The molecule has 0 amide bonds. The number of anilines is 1. The maximum absolute atomic E-state index is 6.13. The molecule has 4 heteroatoms. The Morgan fingerprint density at radius 3 is 2.60 bits per heavy atom. The van der Waals surface area contributed by atoms with Gasteiger partial charge in [0.1, 0.15) is 0 Å². The van der Waals surface area contributed by atoms with Gasteiger partial charge in [0.05, 0.1) is 5.02 Å². The predicted octanol–water partition coefficient (Wildman–Crippen LogP) is 4.60. The minimum Gasteiger partial charge on any atom is -0.365 e. The molecule has 0 aromatic heterocycles. The number of nitrogens with zero attached hydrogens (tertiary/aromatic N) is 1. The van der Waals surface area contributed by atoms with E-state index < -0.39 is 0 Å². The fourth-order valence-corrected chi connectivity index (χ4v) is 4.39. The van der Waals surface area contributed by atoms with Crippen molar-refractivity contribution < 1.29 is 0 Å². The van der Waals surface area contributed by atoms with Crippen molar-refractivity contribution in [3.8, 4) is 0 Å². The third-order valence-corrected chi connectivity index (χ3v) is 5.88. The summed E-state index contributed by atoms with van der Waals surface area (Å²) in [5, 5.41) is 4.44. The van der Waals surface area contributed by atoms with E-state index >= 15 is 0 Å². The lowest BCUT2D eigenvalue weighted by molar-refractivity contribution is 0.247. The van der Waals surface area contributed by atoms with E-state index in [9.17, 15) is 0 Å². The lowest BCUT2D eigenvalue weighted by Gasteiger charge is -2.50. The van der Waals surface area contributed by atoms with Crippen LogP contribution in [0.15, 0.2) is 22.7 Å². The standard InChI is InChI=1S/C16H22BrClN2/c1-2-19-11-8-12-4-3-5-13(9-11)20(12)14-6-7-16(18)15(17)10-14/h6-7,10-13,19H,2-5,8-9H2,1H3. The number of halogens is 2. The molecule has 2 fully saturated rings. The number of benzene rings is 1. The average molecular weight is 358 g/mol. The van der Waals surface area contributed by atoms with Crippen LogP contribution in [0.25, 0.3) is 0 Å². The van der Waals surface area contributed by atoms with Crippen LogP contribution in [0, 0.1) is 0 Å². The summed E-state index contributed by atoms with van der Waals surface area (Å²) in [5.74, 6) is 0. The third kappa shape index (κ3) is 2.86. The van der Waals surface area contributed by atoms with Crippen molar-refractivity contribution in [3.05, 3.63) is 27.7 Å². The normalized spacial score (nSPS) is 29.6. The van der Waals surface area contributed by atoms with Gasteiger partial charge in [-0.1, -0.05) is 18.5 Å². The maximum atomic E-state index is 6.13. The second-order valence-corrected chi connectivity index (χ2v) is 7.23. The number of hydrogen-bond donors (Lipinski definition) is 1. The van der Waals surface area contributed by atoms with E-state index in [1.807, 2.05) is 6.07 Å². The zero-order chi connectivity index (χ0) is 14.1. The highest BCUT2D eigenvalue weighted by Gasteiger charge is 2.38. The van der Waals surface area contributed by atoms with Gasteiger partial charge in [0, 0.05) is 28.3 Å². The van der Waals surface area contributed by atoms with Crippen molar-refractivity contribution >= 4 is 33.2 Å². The first-order chi connectivity index (χ1) is 9.69. The average Bonchev–Trinajstić information content (AvgIpc) is 2.41. The van der Waals surface area contributed by atoms with E-state index in [1.54, 1.807) is 0 Å². The van der Waals surface area contributed by atoms with Crippen LogP contribution in [0.2, 0.25) is 5.02 Å². The fourth-order valence-electron chi connectivity index (χ4n) is 3.90. The van der Waals surface area contributed by atoms with Gasteiger partial charge in [0.15, 0.2) is 0 Å². The SMILES string of the molecule is CCNC1CC2CCCC(C1)N2c1ccc(Cl)c(Br)c1. The largest absolute Gasteiger partial charge is 0.365 e. The van der Waals surface area contributed by atoms with Gasteiger partial charge in [-0.2, -0.15) is 0 Å². The molecule has 2 atom stereocenters. The van der Waals surface area contributed by atoms with Gasteiger partial charge in [0.2, 0.25) is 0 Å². The number of fused-ring (bicyclic) bond motifs is 2. The predicted molar refractivity (Wildman–Crippen MR) is 89.8 cm³/mol. The van der Waals surface area contributed by atoms with Crippen molar-refractivity contribution in [2.45, 2.75) is 57.2 Å². The Labute approximate surface area is 135 Å². The maximum Gasteiger partial charge on any atom is 0.0549 e. The van der Waals surface area contributed by atoms with Crippen LogP contribution in [-0.4, -0.2) is 24.7 Å². The zero-order valence-corrected chi connectivity index (χ0v) is 14.3. The van der Waals surface area contributed by atoms with Gasteiger partial charge in [-0.05, 0) is 72.8 Å². The Balaban J connectivity index is 1.84. The summed E-state index contributed by atoms with van der Waals surface area (Å²) in [6, 6.07) is 8.42. The number of piperidine rings is 2. The quantitative estimate of drug-likeness (QED) is 0.850. The summed E-state index contributed by atoms with van der Waals surface area (Å²) in [7, 11) is 0. The van der Waals surface area contributed by atoms with Gasteiger partial charge in [-0.25, -0.2) is 0 Å². The Bertz CT molecular complexity index is 466. The Morgan fingerprint density at radius 1 is 1.30 bits per heavy atom. The van der Waals surface area contributed by atoms with E-state index in [0.29, 0.717) is 18.1 Å². The molecule has 1 aromatic rings. The molecule has 2 heterocycles. The van der Waals surface area contributed by atoms with Crippen LogP contribution in [0.5, 0.6) is 0 Å². The summed E-state index contributed by atoms with van der Waals surface area (Å²) in [5.41, 5.74) is 1.32. The lowest BCUT2D eigenvalue weighted by Crippen LogP contribution is -2.56. The smallest absolute Gasteiger partial charge is 0.0549 e. The summed E-state index contributed by atoms with van der Waals surface area (Å²) in [4.78, 5) is 2.65. The zero-order valence-electron chi connectivity index (χ0n) is 11.9. The molecule has 1 aromatic carbocycles. The monoisotopic (exact) mass is 356 g/mol. The second-order valence-electron chi connectivity index (χ2n) is 5.97. The molecular formula is C16H22BrClN2. The van der Waals surface area contributed by atoms with Crippen molar-refractivity contribution in [2.24, 2.45) is 0 Å². The first-order valence-corrected chi connectivity index (χ1v) is 8.83. The van der Waals surface area contributed by atoms with Gasteiger partial charge in [0.25, 0.3) is 0 Å². The van der Waals surface area contributed by atoms with Crippen LogP contribution in [-0.2, 0) is 0 Å². The van der Waals surface area contributed by atoms with Gasteiger partial charge >= 0.3 is 0 Å². The van der Waals surface area contributed by atoms with Gasteiger partial charge in [-0.15, -0.1) is 0 Å². The molecule has 2 aliphatic heterocycles. The molecule has 2 bridgehead atoms. The van der Waals surface area contributed by atoms with E-state index in [0.717, 1.165) is 16.0 Å². The highest BCUT2D eigenvalue weighted by atomic mass is 79.9. The van der Waals surface area contributed by atoms with Crippen molar-refractivity contribution in [2.75, 3.05) is 11.4 Å². The molecule has 0 spiro atoms. The Morgan fingerprint density at radius 2 is 2.00 bits per heavy atom. The molecule has 0 saturated carbocycles. The third-order valence-electron chi connectivity index (χ3n) is 4.67. The minimum atomic E-state index is 0.680. The van der Waals surface area contributed by atoms with Crippen molar-refractivity contribution in [1.29, 1.82) is 0 Å². The summed E-state index contributed by atoms with van der Waals surface area (Å²) >= 11 is 9.69. The number of rotatable bonds is 3. The van der Waals surface area contributed by atoms with Crippen LogP contribution < -0.4 is 10.2 Å². The van der Waals surface area contributed by atoms with E-state index in [4.69, 9.17) is 11.6 Å². The van der Waals surface area contributed by atoms with Crippen molar-refractivity contribution in [1.82, 2.24) is 5.32 Å². The highest BCUT2D eigenvalue weighted by Crippen LogP contribution is 2.39. The lowest BCUT2D eigenvalue weighted by atomic mass is 9.81. The molecule has 110 valence electrons. The van der Waals surface area contributed by atoms with Crippen LogP contribution in [0.1, 0.15) is 39.0 Å². The molecular weight excluding hydrogens is 336 g/mol. The summed E-state index contributed by atoms with van der Waals surface area (Å²) in [6.45, 7) is 3.29. The number of hydrogen-bond acceptors (Lipinski definition) is 2. The van der Waals surface area contributed by atoms with Crippen LogP contribution in [0.4, 0.5) is 5.69 Å². The van der Waals surface area contributed by atoms with Gasteiger partial charge < -0.3 is 10.2 Å². The van der Waals surface area contributed by atoms with E-state index in [-0.39, 0.29) is 0 Å². The first-order valence-electron chi connectivity index (χ1n) is 7.65. The molecule has 1 N–H and O–H groups in total. The second kappa shape index (κ2) is 6.25. The molecule has 3 rings (SSSR count). The molecule has 2 saturated heterocycles. The molecule has 0 radical (unpaired) electrons. The minimum absolute atomic E-state index is 0.680. The topological polar surface area (TPSA) is 15.3 Å². The Kier molecular flexibility index (Phi) is 4.58. The highest BCUT2D eigenvalue weighted by molar-refractivity contribution is 9.10. The van der Waals surface area contributed by atoms with E-state index in [1.165, 1.54) is 37.8 Å². The molecule has 2 aliphatic rings. The molecule has 0 aliphatic carbocycles. The summed E-state index contributed by atoms with van der Waals surface area (Å²) in [6.07, 6.45) is 6.55. The number of nitrogens with one attached hydrogen (secondary N) is 1. The van der Waals surface area contributed by atoms with Crippen molar-refractivity contribution in [3.63, 3.8) is 0 Å². The Hall–Kier alpha value is -0.250. The molecule has 2 unspecified atom stereocenters. The van der Waals surface area contributed by atoms with E-state index in [2.05, 4.69) is 45.2 Å².